The smallest absolute Gasteiger partial charge is 0.314 e. The lowest BCUT2D eigenvalue weighted by Gasteiger charge is -2.16. The number of phenols is 1. The van der Waals surface area contributed by atoms with Gasteiger partial charge < -0.3 is 14.9 Å². The molecule has 92 valence electrons. The summed E-state index contributed by atoms with van der Waals surface area (Å²) in [6, 6.07) is 1.37. The normalized spacial score (nSPS) is 16.6. The molecule has 1 saturated carbocycles. The van der Waals surface area contributed by atoms with E-state index in [0.717, 1.165) is 0 Å². The lowest BCUT2D eigenvalue weighted by atomic mass is 9.95. The third-order valence-electron chi connectivity index (χ3n) is 3.02. The van der Waals surface area contributed by atoms with E-state index in [1.54, 1.807) is 0 Å². The van der Waals surface area contributed by atoms with Crippen LogP contribution in [0.3, 0.4) is 0 Å². The molecule has 1 aliphatic carbocycles. The Hall–Kier alpha value is -1.30. The summed E-state index contributed by atoms with van der Waals surface area (Å²) in [7, 11) is 1.30. The molecule has 0 saturated heterocycles. The summed E-state index contributed by atoms with van der Waals surface area (Å²) >= 11 is 3.12. The van der Waals surface area contributed by atoms with E-state index in [2.05, 4.69) is 15.9 Å². The van der Waals surface area contributed by atoms with Gasteiger partial charge in [-0.1, -0.05) is 15.9 Å². The molecule has 0 bridgehead atoms. The molecule has 0 unspecified atom stereocenters. The number of aliphatic carboxylic acids is 1. The molecule has 2 rings (SSSR count). The third kappa shape index (κ3) is 1.67. The fourth-order valence-electron chi connectivity index (χ4n) is 1.88. The van der Waals surface area contributed by atoms with Gasteiger partial charge in [0.2, 0.25) is 0 Å². The van der Waals surface area contributed by atoms with Gasteiger partial charge in [-0.05, 0) is 18.9 Å². The molecular formula is C11H10BrFO4. The van der Waals surface area contributed by atoms with Gasteiger partial charge in [0.05, 0.1) is 12.5 Å². The van der Waals surface area contributed by atoms with Crippen molar-refractivity contribution in [2.75, 3.05) is 7.11 Å². The van der Waals surface area contributed by atoms with Gasteiger partial charge in [0, 0.05) is 10.0 Å². The maximum absolute atomic E-state index is 14.0. The largest absolute Gasteiger partial charge is 0.502 e. The average molecular weight is 305 g/mol. The number of methoxy groups -OCH3 is 1. The van der Waals surface area contributed by atoms with Gasteiger partial charge in [0.15, 0.2) is 17.3 Å². The third-order valence-corrected chi connectivity index (χ3v) is 3.64. The van der Waals surface area contributed by atoms with Gasteiger partial charge in [-0.2, -0.15) is 0 Å². The van der Waals surface area contributed by atoms with Crippen LogP contribution in [0.15, 0.2) is 10.5 Å². The van der Waals surface area contributed by atoms with Crippen LogP contribution in [0.4, 0.5) is 4.39 Å². The zero-order chi connectivity index (χ0) is 12.8. The first kappa shape index (κ1) is 12.2. The fraction of sp³-hybridized carbons (Fsp3) is 0.364. The highest BCUT2D eigenvalue weighted by Crippen LogP contribution is 2.54. The van der Waals surface area contributed by atoms with E-state index in [-0.39, 0.29) is 11.3 Å². The summed E-state index contributed by atoms with van der Waals surface area (Å²) in [4.78, 5) is 11.2. The summed E-state index contributed by atoms with van der Waals surface area (Å²) in [5, 5.41) is 18.7. The van der Waals surface area contributed by atoms with Crippen LogP contribution in [-0.4, -0.2) is 23.3 Å². The van der Waals surface area contributed by atoms with Crippen molar-refractivity contribution in [1.82, 2.24) is 0 Å². The van der Waals surface area contributed by atoms with Gasteiger partial charge in [-0.25, -0.2) is 4.39 Å². The number of rotatable bonds is 3. The number of carbonyl (C=O) groups is 1. The van der Waals surface area contributed by atoms with Crippen molar-refractivity contribution in [3.05, 3.63) is 21.9 Å². The molecule has 6 heteroatoms. The Balaban J connectivity index is 2.64. The first-order valence-corrected chi connectivity index (χ1v) is 5.72. The van der Waals surface area contributed by atoms with Crippen molar-refractivity contribution in [3.8, 4) is 11.5 Å². The molecule has 0 aliphatic heterocycles. The number of ether oxygens (including phenoxy) is 1. The summed E-state index contributed by atoms with van der Waals surface area (Å²) in [5.74, 6) is -2.70. The van der Waals surface area contributed by atoms with Crippen molar-refractivity contribution in [3.63, 3.8) is 0 Å². The van der Waals surface area contributed by atoms with E-state index in [1.165, 1.54) is 13.2 Å². The van der Waals surface area contributed by atoms with E-state index >= 15 is 0 Å². The maximum atomic E-state index is 14.0. The average Bonchev–Trinajstić information content (AvgIpc) is 3.05. The summed E-state index contributed by atoms with van der Waals surface area (Å²) in [6.07, 6.45) is 0.729. The van der Waals surface area contributed by atoms with Crippen LogP contribution in [0.25, 0.3) is 0 Å². The topological polar surface area (TPSA) is 66.8 Å². The second kappa shape index (κ2) is 3.87. The predicted octanol–water partition coefficient (Wildman–Crippen LogP) is 2.42. The Labute approximate surface area is 105 Å². The molecule has 17 heavy (non-hydrogen) atoms. The molecule has 0 atom stereocenters. The Morgan fingerprint density at radius 2 is 2.18 bits per heavy atom. The van der Waals surface area contributed by atoms with E-state index in [0.29, 0.717) is 17.3 Å². The monoisotopic (exact) mass is 304 g/mol. The zero-order valence-corrected chi connectivity index (χ0v) is 10.5. The van der Waals surface area contributed by atoms with E-state index in [1.807, 2.05) is 0 Å². The van der Waals surface area contributed by atoms with Crippen molar-refractivity contribution in [1.29, 1.82) is 0 Å². The number of carboxylic acid groups (broad SMARTS) is 1. The Kier molecular flexibility index (Phi) is 2.77. The molecule has 0 amide bonds. The summed E-state index contributed by atoms with van der Waals surface area (Å²) in [5.41, 5.74) is -1.23. The van der Waals surface area contributed by atoms with Gasteiger partial charge in [0.25, 0.3) is 0 Å². The zero-order valence-electron chi connectivity index (χ0n) is 8.96. The lowest BCUT2D eigenvalue weighted by Crippen LogP contribution is -2.21. The Morgan fingerprint density at radius 3 is 2.59 bits per heavy atom. The van der Waals surface area contributed by atoms with E-state index < -0.39 is 23.0 Å². The van der Waals surface area contributed by atoms with Crippen LogP contribution in [0.5, 0.6) is 11.5 Å². The second-order valence-corrected chi connectivity index (χ2v) is 4.84. The van der Waals surface area contributed by atoms with Crippen LogP contribution in [0.2, 0.25) is 0 Å². The SMILES string of the molecule is COc1cc(Br)c(C2(C(=O)O)CC2)c(F)c1O. The van der Waals surface area contributed by atoms with E-state index in [9.17, 15) is 14.3 Å². The number of aromatic hydroxyl groups is 1. The molecule has 2 N–H and O–H groups in total. The highest BCUT2D eigenvalue weighted by Gasteiger charge is 2.55. The minimum absolute atomic E-state index is 0.0108. The molecule has 1 aliphatic rings. The second-order valence-electron chi connectivity index (χ2n) is 3.99. The molecule has 0 aromatic heterocycles. The molecule has 0 heterocycles. The molecule has 4 nitrogen and oxygen atoms in total. The molecule has 1 fully saturated rings. The number of hydrogen-bond acceptors (Lipinski definition) is 3. The van der Waals surface area contributed by atoms with Gasteiger partial charge in [-0.3, -0.25) is 4.79 Å². The number of benzene rings is 1. The standard InChI is InChI=1S/C11H10BrFO4/c1-17-6-4-5(12)7(8(13)9(6)14)11(2-3-11)10(15)16/h4,14H,2-3H2,1H3,(H,15,16). The molecule has 0 radical (unpaired) electrons. The quantitative estimate of drug-likeness (QED) is 0.900. The summed E-state index contributed by atoms with van der Waals surface area (Å²) in [6.45, 7) is 0. The summed E-state index contributed by atoms with van der Waals surface area (Å²) < 4.78 is 19.1. The van der Waals surface area contributed by atoms with Crippen molar-refractivity contribution in [2.24, 2.45) is 0 Å². The van der Waals surface area contributed by atoms with Crippen molar-refractivity contribution >= 4 is 21.9 Å². The molecular weight excluding hydrogens is 295 g/mol. The predicted molar refractivity (Wildman–Crippen MR) is 60.9 cm³/mol. The Morgan fingerprint density at radius 1 is 1.59 bits per heavy atom. The van der Waals surface area contributed by atoms with Crippen LogP contribution in [-0.2, 0) is 10.2 Å². The first-order chi connectivity index (χ1) is 7.94. The highest BCUT2D eigenvalue weighted by atomic mass is 79.9. The van der Waals surface area contributed by atoms with Gasteiger partial charge >= 0.3 is 5.97 Å². The van der Waals surface area contributed by atoms with Crippen molar-refractivity contribution in [2.45, 2.75) is 18.3 Å². The van der Waals surface area contributed by atoms with Gasteiger partial charge in [-0.15, -0.1) is 0 Å². The number of hydrogen-bond donors (Lipinski definition) is 2. The van der Waals surface area contributed by atoms with Crippen LogP contribution in [0.1, 0.15) is 18.4 Å². The maximum Gasteiger partial charge on any atom is 0.314 e. The minimum Gasteiger partial charge on any atom is -0.502 e. The number of carboxylic acids is 1. The minimum atomic E-state index is -1.22. The van der Waals surface area contributed by atoms with Crippen LogP contribution >= 0.6 is 15.9 Å². The Bertz CT molecular complexity index is 497. The van der Waals surface area contributed by atoms with Crippen LogP contribution < -0.4 is 4.74 Å². The van der Waals surface area contributed by atoms with Gasteiger partial charge in [0.1, 0.15) is 0 Å². The van der Waals surface area contributed by atoms with Crippen molar-refractivity contribution < 1.29 is 24.1 Å². The fourth-order valence-corrected chi connectivity index (χ4v) is 2.64. The first-order valence-electron chi connectivity index (χ1n) is 4.93. The molecule has 1 aromatic rings. The molecule has 1 aromatic carbocycles. The number of phenolic OH excluding ortho intramolecular Hbond substituents is 1. The van der Waals surface area contributed by atoms with Crippen LogP contribution in [0, 0.1) is 5.82 Å². The number of halogens is 2. The van der Waals surface area contributed by atoms with E-state index in [4.69, 9.17) is 9.84 Å². The highest BCUT2D eigenvalue weighted by molar-refractivity contribution is 9.10. The lowest BCUT2D eigenvalue weighted by molar-refractivity contribution is -0.140. The molecule has 0 spiro atoms.